The monoisotopic (exact) mass is 269 g/mol. The number of halogens is 4. The van der Waals surface area contributed by atoms with E-state index in [2.05, 4.69) is 0 Å². The van der Waals surface area contributed by atoms with Gasteiger partial charge in [-0.15, -0.1) is 0 Å². The quantitative estimate of drug-likeness (QED) is 0.654. The van der Waals surface area contributed by atoms with Gasteiger partial charge < -0.3 is 5.73 Å². The minimum absolute atomic E-state index is 0.0236. The molecule has 100 valence electrons. The highest BCUT2D eigenvalue weighted by Crippen LogP contribution is 2.27. The third-order valence-electron chi connectivity index (χ3n) is 2.89. The molecule has 0 aliphatic carbocycles. The van der Waals surface area contributed by atoms with Crippen LogP contribution in [0.15, 0.2) is 30.3 Å². The van der Waals surface area contributed by atoms with Crippen LogP contribution in [-0.2, 0) is 0 Å². The van der Waals surface area contributed by atoms with E-state index in [4.69, 9.17) is 5.73 Å². The molecule has 1 unspecified atom stereocenters. The van der Waals surface area contributed by atoms with Crippen molar-refractivity contribution in [1.82, 2.24) is 0 Å². The number of benzene rings is 2. The van der Waals surface area contributed by atoms with Gasteiger partial charge in [-0.2, -0.15) is 0 Å². The van der Waals surface area contributed by atoms with Crippen LogP contribution in [0.25, 0.3) is 0 Å². The van der Waals surface area contributed by atoms with Gasteiger partial charge in [-0.25, -0.2) is 17.6 Å². The van der Waals surface area contributed by atoms with E-state index >= 15 is 0 Å². The first kappa shape index (κ1) is 13.5. The van der Waals surface area contributed by atoms with Crippen molar-refractivity contribution in [2.24, 2.45) is 5.73 Å². The maximum absolute atomic E-state index is 13.7. The van der Waals surface area contributed by atoms with Gasteiger partial charge in [0.1, 0.15) is 5.82 Å². The van der Waals surface area contributed by atoms with E-state index in [1.807, 2.05) is 0 Å². The summed E-state index contributed by atoms with van der Waals surface area (Å²) in [5.41, 5.74) is 6.13. The molecule has 0 heterocycles. The molecule has 0 saturated carbocycles. The zero-order chi connectivity index (χ0) is 14.2. The highest BCUT2D eigenvalue weighted by Gasteiger charge is 2.21. The molecule has 0 aliphatic rings. The molecule has 1 atom stereocenters. The van der Waals surface area contributed by atoms with Crippen molar-refractivity contribution < 1.29 is 17.6 Å². The summed E-state index contributed by atoms with van der Waals surface area (Å²) in [5, 5.41) is 0. The van der Waals surface area contributed by atoms with Crippen molar-refractivity contribution in [3.05, 3.63) is 70.3 Å². The van der Waals surface area contributed by atoms with Crippen molar-refractivity contribution in [2.75, 3.05) is 0 Å². The molecule has 0 saturated heterocycles. The molecule has 0 amide bonds. The lowest BCUT2D eigenvalue weighted by molar-refractivity contribution is 0.437. The van der Waals surface area contributed by atoms with Crippen LogP contribution in [0.2, 0.25) is 0 Å². The van der Waals surface area contributed by atoms with Crippen molar-refractivity contribution in [3.8, 4) is 0 Å². The van der Waals surface area contributed by atoms with Crippen LogP contribution in [0.3, 0.4) is 0 Å². The Labute approximate surface area is 107 Å². The number of rotatable bonds is 2. The summed E-state index contributed by atoms with van der Waals surface area (Å²) in [6, 6.07) is 4.83. The van der Waals surface area contributed by atoms with E-state index in [1.54, 1.807) is 13.0 Å². The van der Waals surface area contributed by atoms with E-state index in [-0.39, 0.29) is 11.1 Å². The van der Waals surface area contributed by atoms with Gasteiger partial charge in [0.15, 0.2) is 17.5 Å². The molecule has 5 heteroatoms. The molecule has 2 aromatic rings. The SMILES string of the molecule is Cc1ccc(C(N)c2ccc(F)c(F)c2F)c(F)c1. The smallest absolute Gasteiger partial charge is 0.194 e. The number of hydrogen-bond acceptors (Lipinski definition) is 1. The first-order chi connectivity index (χ1) is 8.91. The zero-order valence-corrected chi connectivity index (χ0v) is 10.1. The molecular weight excluding hydrogens is 258 g/mol. The van der Waals surface area contributed by atoms with E-state index < -0.39 is 29.3 Å². The predicted molar refractivity (Wildman–Crippen MR) is 63.5 cm³/mol. The molecule has 1 nitrogen and oxygen atoms in total. The number of nitrogens with two attached hydrogens (primary N) is 1. The third-order valence-corrected chi connectivity index (χ3v) is 2.89. The Bertz CT molecular complexity index is 625. The van der Waals surface area contributed by atoms with Gasteiger partial charge in [-0.05, 0) is 24.6 Å². The first-order valence-corrected chi connectivity index (χ1v) is 5.57. The van der Waals surface area contributed by atoms with Crippen LogP contribution in [0.4, 0.5) is 17.6 Å². The van der Waals surface area contributed by atoms with Gasteiger partial charge in [-0.1, -0.05) is 18.2 Å². The third kappa shape index (κ3) is 2.46. The number of aryl methyl sites for hydroxylation is 1. The van der Waals surface area contributed by atoms with Crippen LogP contribution >= 0.6 is 0 Å². The molecule has 0 spiro atoms. The van der Waals surface area contributed by atoms with Crippen molar-refractivity contribution in [1.29, 1.82) is 0 Å². The van der Waals surface area contributed by atoms with Gasteiger partial charge in [0.2, 0.25) is 0 Å². The lowest BCUT2D eigenvalue weighted by Crippen LogP contribution is -2.16. The summed E-state index contributed by atoms with van der Waals surface area (Å²) in [4.78, 5) is 0. The second-order valence-corrected chi connectivity index (χ2v) is 4.27. The Hall–Kier alpha value is -1.88. The fraction of sp³-hybridized carbons (Fsp3) is 0.143. The first-order valence-electron chi connectivity index (χ1n) is 5.57. The largest absolute Gasteiger partial charge is 0.320 e. The second-order valence-electron chi connectivity index (χ2n) is 4.27. The van der Waals surface area contributed by atoms with Gasteiger partial charge in [0, 0.05) is 11.1 Å². The molecule has 0 aliphatic heterocycles. The molecular formula is C14H11F4N. The molecule has 2 N–H and O–H groups in total. The summed E-state index contributed by atoms with van der Waals surface area (Å²) in [5.74, 6) is -4.93. The Kier molecular flexibility index (Phi) is 3.57. The van der Waals surface area contributed by atoms with Crippen molar-refractivity contribution >= 4 is 0 Å². The van der Waals surface area contributed by atoms with Crippen LogP contribution in [0, 0.1) is 30.2 Å². The van der Waals surface area contributed by atoms with Gasteiger partial charge in [0.25, 0.3) is 0 Å². The summed E-state index contributed by atoms with van der Waals surface area (Å²) in [7, 11) is 0. The average Bonchev–Trinajstić information content (AvgIpc) is 2.35. The molecule has 19 heavy (non-hydrogen) atoms. The van der Waals surface area contributed by atoms with Crippen molar-refractivity contribution in [3.63, 3.8) is 0 Å². The van der Waals surface area contributed by atoms with E-state index in [0.717, 1.165) is 12.1 Å². The van der Waals surface area contributed by atoms with Gasteiger partial charge in [-0.3, -0.25) is 0 Å². The Morgan fingerprint density at radius 3 is 2.11 bits per heavy atom. The number of hydrogen-bond donors (Lipinski definition) is 1. The molecule has 0 fully saturated rings. The predicted octanol–water partition coefficient (Wildman–Crippen LogP) is 3.60. The van der Waals surface area contributed by atoms with E-state index in [0.29, 0.717) is 5.56 Å². The molecule has 2 rings (SSSR count). The standard InChI is InChI=1S/C14H11F4N/c1-7-2-3-8(11(16)6-7)14(19)9-4-5-10(15)13(18)12(9)17/h2-6,14H,19H2,1H3. The van der Waals surface area contributed by atoms with Gasteiger partial charge >= 0.3 is 0 Å². The van der Waals surface area contributed by atoms with Gasteiger partial charge in [0.05, 0.1) is 6.04 Å². The summed E-state index contributed by atoms with van der Waals surface area (Å²) >= 11 is 0. The highest BCUT2D eigenvalue weighted by molar-refractivity contribution is 5.35. The summed E-state index contributed by atoms with van der Waals surface area (Å²) in [6.45, 7) is 1.69. The lowest BCUT2D eigenvalue weighted by atomic mass is 9.97. The van der Waals surface area contributed by atoms with Crippen LogP contribution in [-0.4, -0.2) is 0 Å². The van der Waals surface area contributed by atoms with E-state index in [1.165, 1.54) is 12.1 Å². The minimum Gasteiger partial charge on any atom is -0.320 e. The maximum atomic E-state index is 13.7. The molecule has 0 bridgehead atoms. The zero-order valence-electron chi connectivity index (χ0n) is 10.1. The summed E-state index contributed by atoms with van der Waals surface area (Å²) in [6.07, 6.45) is 0. The summed E-state index contributed by atoms with van der Waals surface area (Å²) < 4.78 is 53.3. The lowest BCUT2D eigenvalue weighted by Gasteiger charge is -2.15. The Balaban J connectivity index is 2.50. The highest BCUT2D eigenvalue weighted by atomic mass is 19.2. The van der Waals surface area contributed by atoms with Crippen LogP contribution in [0.1, 0.15) is 22.7 Å². The fourth-order valence-corrected chi connectivity index (χ4v) is 1.83. The average molecular weight is 269 g/mol. The fourth-order valence-electron chi connectivity index (χ4n) is 1.83. The Morgan fingerprint density at radius 1 is 0.842 bits per heavy atom. The second kappa shape index (κ2) is 5.01. The molecule has 0 radical (unpaired) electrons. The van der Waals surface area contributed by atoms with E-state index in [9.17, 15) is 17.6 Å². The normalized spacial score (nSPS) is 12.5. The van der Waals surface area contributed by atoms with Crippen molar-refractivity contribution in [2.45, 2.75) is 13.0 Å². The van der Waals surface area contributed by atoms with Crippen LogP contribution in [0.5, 0.6) is 0 Å². The minimum atomic E-state index is -1.61. The molecule has 2 aromatic carbocycles. The maximum Gasteiger partial charge on any atom is 0.194 e. The topological polar surface area (TPSA) is 26.0 Å². The Morgan fingerprint density at radius 2 is 1.47 bits per heavy atom. The molecule has 0 aromatic heterocycles. The van der Waals surface area contributed by atoms with Crippen LogP contribution < -0.4 is 5.73 Å².